The number of rotatable bonds is 8. The largest absolute Gasteiger partial charge is 0.481 e. The van der Waals surface area contributed by atoms with Crippen molar-refractivity contribution in [3.63, 3.8) is 0 Å². The molecule has 1 amide bonds. The van der Waals surface area contributed by atoms with Gasteiger partial charge in [-0.3, -0.25) is 4.79 Å². The van der Waals surface area contributed by atoms with Gasteiger partial charge >= 0.3 is 12.1 Å². The molecule has 1 atom stereocenters. The molecular formula is C15H21NO4. The van der Waals surface area contributed by atoms with Gasteiger partial charge in [0, 0.05) is 6.42 Å². The summed E-state index contributed by atoms with van der Waals surface area (Å²) in [5.41, 5.74) is 0.876. The maximum absolute atomic E-state index is 11.7. The molecule has 0 aliphatic carbocycles. The average molecular weight is 279 g/mol. The van der Waals surface area contributed by atoms with E-state index in [1.54, 1.807) is 0 Å². The highest BCUT2D eigenvalue weighted by Crippen LogP contribution is 2.18. The molecule has 2 N–H and O–H groups in total. The van der Waals surface area contributed by atoms with Crippen molar-refractivity contribution in [3.05, 3.63) is 35.9 Å². The monoisotopic (exact) mass is 279 g/mol. The number of carbonyl (C=O) groups excluding carboxylic acids is 1. The third-order valence-electron chi connectivity index (χ3n) is 2.87. The zero-order valence-corrected chi connectivity index (χ0v) is 11.7. The fourth-order valence-corrected chi connectivity index (χ4v) is 1.77. The minimum Gasteiger partial charge on any atom is -0.481 e. The molecule has 110 valence electrons. The second kappa shape index (κ2) is 8.96. The van der Waals surface area contributed by atoms with Gasteiger partial charge in [0.1, 0.15) is 0 Å². The Morgan fingerprint density at radius 2 is 2.00 bits per heavy atom. The van der Waals surface area contributed by atoms with Crippen molar-refractivity contribution in [2.24, 2.45) is 0 Å². The standard InChI is InChI=1S/C15H21NO4/c1-2-3-11-20-15(19)16-13(9-10-14(17)18)12-7-5-4-6-8-12/h4-8,13H,2-3,9-11H2,1H3,(H,16,19)(H,17,18). The molecule has 1 rings (SSSR count). The normalized spacial score (nSPS) is 11.7. The number of ether oxygens (including phenoxy) is 1. The van der Waals surface area contributed by atoms with E-state index in [4.69, 9.17) is 9.84 Å². The SMILES string of the molecule is CCCCOC(=O)NC(CCC(=O)O)c1ccccc1. The van der Waals surface area contributed by atoms with Crippen LogP contribution < -0.4 is 5.32 Å². The van der Waals surface area contributed by atoms with Crippen LogP contribution >= 0.6 is 0 Å². The molecule has 20 heavy (non-hydrogen) atoms. The highest BCUT2D eigenvalue weighted by Gasteiger charge is 2.16. The van der Waals surface area contributed by atoms with Gasteiger partial charge < -0.3 is 15.2 Å². The number of carboxylic acids is 1. The lowest BCUT2D eigenvalue weighted by molar-refractivity contribution is -0.137. The van der Waals surface area contributed by atoms with Crippen LogP contribution in [-0.4, -0.2) is 23.8 Å². The van der Waals surface area contributed by atoms with E-state index in [2.05, 4.69) is 5.32 Å². The van der Waals surface area contributed by atoms with Gasteiger partial charge in [0.05, 0.1) is 12.6 Å². The molecule has 0 saturated heterocycles. The molecule has 1 aromatic carbocycles. The Morgan fingerprint density at radius 1 is 1.30 bits per heavy atom. The number of hydrogen-bond acceptors (Lipinski definition) is 3. The predicted octanol–water partition coefficient (Wildman–Crippen LogP) is 3.12. The molecule has 0 aliphatic heterocycles. The lowest BCUT2D eigenvalue weighted by Crippen LogP contribution is -2.29. The predicted molar refractivity (Wildman–Crippen MR) is 75.4 cm³/mol. The van der Waals surface area contributed by atoms with E-state index in [-0.39, 0.29) is 12.5 Å². The minimum atomic E-state index is -0.882. The van der Waals surface area contributed by atoms with Gasteiger partial charge in [-0.1, -0.05) is 43.7 Å². The number of amides is 1. The Hall–Kier alpha value is -2.04. The third-order valence-corrected chi connectivity index (χ3v) is 2.87. The summed E-state index contributed by atoms with van der Waals surface area (Å²) >= 11 is 0. The van der Waals surface area contributed by atoms with E-state index in [0.29, 0.717) is 13.0 Å². The van der Waals surface area contributed by atoms with Crippen LogP contribution in [0.25, 0.3) is 0 Å². The van der Waals surface area contributed by atoms with E-state index in [0.717, 1.165) is 18.4 Å². The number of benzene rings is 1. The molecule has 0 heterocycles. The van der Waals surface area contributed by atoms with Crippen LogP contribution in [0.3, 0.4) is 0 Å². The Kier molecular flexibility index (Phi) is 7.17. The molecular weight excluding hydrogens is 258 g/mol. The summed E-state index contributed by atoms with van der Waals surface area (Å²) in [6, 6.07) is 8.96. The van der Waals surface area contributed by atoms with Crippen molar-refractivity contribution in [3.8, 4) is 0 Å². The number of aliphatic carboxylic acids is 1. The summed E-state index contributed by atoms with van der Waals surface area (Å²) in [7, 11) is 0. The number of carbonyl (C=O) groups is 2. The lowest BCUT2D eigenvalue weighted by Gasteiger charge is -2.18. The van der Waals surface area contributed by atoms with Crippen molar-refractivity contribution in [2.75, 3.05) is 6.61 Å². The van der Waals surface area contributed by atoms with Gasteiger partial charge in [0.25, 0.3) is 0 Å². The molecule has 0 radical (unpaired) electrons. The van der Waals surface area contributed by atoms with Crippen LogP contribution in [0, 0.1) is 0 Å². The minimum absolute atomic E-state index is 0.00516. The van der Waals surface area contributed by atoms with Crippen LogP contribution in [-0.2, 0) is 9.53 Å². The maximum atomic E-state index is 11.7. The van der Waals surface area contributed by atoms with Crippen molar-refractivity contribution in [1.82, 2.24) is 5.32 Å². The average Bonchev–Trinajstić information content (AvgIpc) is 2.44. The summed E-state index contributed by atoms with van der Waals surface area (Å²) in [4.78, 5) is 22.4. The van der Waals surface area contributed by atoms with Gasteiger partial charge in [-0.15, -0.1) is 0 Å². The summed E-state index contributed by atoms with van der Waals surface area (Å²) in [6.45, 7) is 2.39. The lowest BCUT2D eigenvalue weighted by atomic mass is 10.0. The first kappa shape index (κ1) is 16.0. The fraction of sp³-hybridized carbons (Fsp3) is 0.467. The molecule has 0 aliphatic rings. The Balaban J connectivity index is 2.58. The molecule has 0 saturated carbocycles. The highest BCUT2D eigenvalue weighted by atomic mass is 16.5. The third kappa shape index (κ3) is 6.22. The van der Waals surface area contributed by atoms with Crippen LogP contribution in [0.2, 0.25) is 0 Å². The smallest absolute Gasteiger partial charge is 0.407 e. The Morgan fingerprint density at radius 3 is 2.60 bits per heavy atom. The molecule has 1 aromatic rings. The number of alkyl carbamates (subject to hydrolysis) is 1. The zero-order chi connectivity index (χ0) is 14.8. The number of carboxylic acid groups (broad SMARTS) is 1. The van der Waals surface area contributed by atoms with Crippen molar-refractivity contribution >= 4 is 12.1 Å². The number of unbranched alkanes of at least 4 members (excludes halogenated alkanes) is 1. The van der Waals surface area contributed by atoms with Gasteiger partial charge in [0.2, 0.25) is 0 Å². The van der Waals surface area contributed by atoms with Crippen LogP contribution in [0.1, 0.15) is 44.2 Å². The topological polar surface area (TPSA) is 75.6 Å². The molecule has 1 unspecified atom stereocenters. The summed E-state index contributed by atoms with van der Waals surface area (Å²) in [6.07, 6.45) is 1.60. The molecule has 5 nitrogen and oxygen atoms in total. The summed E-state index contributed by atoms with van der Waals surface area (Å²) < 4.78 is 5.04. The van der Waals surface area contributed by atoms with Gasteiger partial charge in [-0.2, -0.15) is 0 Å². The number of hydrogen-bond donors (Lipinski definition) is 2. The van der Waals surface area contributed by atoms with Crippen LogP contribution in [0.4, 0.5) is 4.79 Å². The molecule has 0 aromatic heterocycles. The van der Waals surface area contributed by atoms with Crippen molar-refractivity contribution < 1.29 is 19.4 Å². The highest BCUT2D eigenvalue weighted by molar-refractivity contribution is 5.69. The molecule has 0 spiro atoms. The maximum Gasteiger partial charge on any atom is 0.407 e. The van der Waals surface area contributed by atoms with Crippen LogP contribution in [0.15, 0.2) is 30.3 Å². The molecule has 0 fully saturated rings. The van der Waals surface area contributed by atoms with Crippen molar-refractivity contribution in [1.29, 1.82) is 0 Å². The fourth-order valence-electron chi connectivity index (χ4n) is 1.77. The zero-order valence-electron chi connectivity index (χ0n) is 11.7. The summed E-state index contributed by atoms with van der Waals surface area (Å²) in [5.74, 6) is -0.882. The van der Waals surface area contributed by atoms with Crippen LogP contribution in [0.5, 0.6) is 0 Å². The van der Waals surface area contributed by atoms with Gasteiger partial charge in [-0.05, 0) is 18.4 Å². The quantitative estimate of drug-likeness (QED) is 0.717. The number of nitrogens with one attached hydrogen (secondary N) is 1. The van der Waals surface area contributed by atoms with Crippen molar-refractivity contribution in [2.45, 2.75) is 38.6 Å². The first-order chi connectivity index (χ1) is 9.63. The van der Waals surface area contributed by atoms with Gasteiger partial charge in [-0.25, -0.2) is 4.79 Å². The van der Waals surface area contributed by atoms with E-state index < -0.39 is 12.1 Å². The Labute approximate surface area is 118 Å². The second-order valence-electron chi connectivity index (χ2n) is 4.53. The molecule has 5 heteroatoms. The second-order valence-corrected chi connectivity index (χ2v) is 4.53. The molecule has 0 bridgehead atoms. The first-order valence-corrected chi connectivity index (χ1v) is 6.83. The van der Waals surface area contributed by atoms with E-state index in [1.807, 2.05) is 37.3 Å². The van der Waals surface area contributed by atoms with E-state index in [1.165, 1.54) is 0 Å². The first-order valence-electron chi connectivity index (χ1n) is 6.83. The summed E-state index contributed by atoms with van der Waals surface area (Å²) in [5, 5.41) is 11.5. The van der Waals surface area contributed by atoms with E-state index in [9.17, 15) is 9.59 Å². The Bertz CT molecular complexity index is 419. The van der Waals surface area contributed by atoms with E-state index >= 15 is 0 Å². The van der Waals surface area contributed by atoms with Gasteiger partial charge in [0.15, 0.2) is 0 Å².